The Kier molecular flexibility index (Phi) is 5.90. The summed E-state index contributed by atoms with van der Waals surface area (Å²) in [6.45, 7) is 3.88. The molecular weight excluding hydrogens is 226 g/mol. The molecule has 1 aromatic rings. The van der Waals surface area contributed by atoms with Crippen LogP contribution in [-0.4, -0.2) is 19.1 Å². The molecule has 0 fully saturated rings. The number of carbonyl (C=O) groups excluding carboxylic acids is 1. The Morgan fingerprint density at radius 3 is 2.69 bits per heavy atom. The van der Waals surface area contributed by atoms with Crippen LogP contribution < -0.4 is 5.32 Å². The number of hydrogen-bond donors (Lipinski definition) is 1. The molecule has 0 aliphatic carbocycles. The average Bonchev–Trinajstić information content (AvgIpc) is 2.27. The van der Waals surface area contributed by atoms with Crippen molar-refractivity contribution >= 4 is 17.6 Å². The van der Waals surface area contributed by atoms with Gasteiger partial charge in [0.05, 0.1) is 19.6 Å². The van der Waals surface area contributed by atoms with Gasteiger partial charge in [0, 0.05) is 10.6 Å². The molecule has 0 aliphatic rings. The van der Waals surface area contributed by atoms with E-state index in [1.165, 1.54) is 5.56 Å². The fourth-order valence-corrected chi connectivity index (χ4v) is 1.47. The van der Waals surface area contributed by atoms with Gasteiger partial charge in [-0.1, -0.05) is 23.7 Å². The molecule has 0 aliphatic heterocycles. The van der Waals surface area contributed by atoms with Crippen LogP contribution in [0.2, 0.25) is 5.02 Å². The van der Waals surface area contributed by atoms with E-state index < -0.39 is 0 Å². The number of quaternary nitrogens is 1. The largest absolute Gasteiger partial charge is 0.466 e. The Labute approximate surface area is 101 Å². The zero-order valence-corrected chi connectivity index (χ0v) is 10.2. The minimum absolute atomic E-state index is 0.130. The van der Waals surface area contributed by atoms with Crippen molar-refractivity contribution in [2.24, 2.45) is 0 Å². The van der Waals surface area contributed by atoms with Crippen molar-refractivity contribution in [3.05, 3.63) is 34.9 Å². The van der Waals surface area contributed by atoms with E-state index in [-0.39, 0.29) is 5.97 Å². The third-order valence-electron chi connectivity index (χ3n) is 2.15. The number of benzene rings is 1. The van der Waals surface area contributed by atoms with Gasteiger partial charge in [-0.25, -0.2) is 0 Å². The second-order valence-corrected chi connectivity index (χ2v) is 3.90. The monoisotopic (exact) mass is 242 g/mol. The molecule has 0 unspecified atom stereocenters. The molecule has 0 amide bonds. The lowest BCUT2D eigenvalue weighted by Crippen LogP contribution is -2.82. The van der Waals surface area contributed by atoms with Crippen LogP contribution in [-0.2, 0) is 16.1 Å². The van der Waals surface area contributed by atoms with E-state index in [1.54, 1.807) is 0 Å². The lowest BCUT2D eigenvalue weighted by Gasteiger charge is -2.02. The minimum atomic E-state index is -0.130. The summed E-state index contributed by atoms with van der Waals surface area (Å²) in [5, 5.41) is 2.83. The number of esters is 1. The van der Waals surface area contributed by atoms with Gasteiger partial charge in [-0.3, -0.25) is 4.79 Å². The smallest absolute Gasteiger partial charge is 0.311 e. The van der Waals surface area contributed by atoms with Crippen LogP contribution >= 0.6 is 11.6 Å². The van der Waals surface area contributed by atoms with Crippen molar-refractivity contribution in [1.82, 2.24) is 0 Å². The highest BCUT2D eigenvalue weighted by atomic mass is 35.5. The third-order valence-corrected chi connectivity index (χ3v) is 2.40. The molecule has 0 aromatic heterocycles. The summed E-state index contributed by atoms with van der Waals surface area (Å²) >= 11 is 5.78. The van der Waals surface area contributed by atoms with Gasteiger partial charge >= 0.3 is 5.97 Å². The first-order valence-corrected chi connectivity index (χ1v) is 5.82. The fraction of sp³-hybridized carbons (Fsp3) is 0.417. The summed E-state index contributed by atoms with van der Waals surface area (Å²) in [5.74, 6) is -0.130. The van der Waals surface area contributed by atoms with Crippen LogP contribution in [0.3, 0.4) is 0 Å². The first-order chi connectivity index (χ1) is 7.72. The van der Waals surface area contributed by atoms with Gasteiger partial charge in [-0.2, -0.15) is 0 Å². The highest BCUT2D eigenvalue weighted by Gasteiger charge is 2.02. The molecule has 88 valence electrons. The number of hydrogen-bond acceptors (Lipinski definition) is 2. The molecule has 0 radical (unpaired) electrons. The SMILES string of the molecule is CCOC(=O)CC[NH2+]Cc1ccc(Cl)cc1. The van der Waals surface area contributed by atoms with Crippen molar-refractivity contribution in [2.75, 3.05) is 13.2 Å². The van der Waals surface area contributed by atoms with Crippen LogP contribution in [0.25, 0.3) is 0 Å². The second kappa shape index (κ2) is 7.25. The van der Waals surface area contributed by atoms with Crippen molar-refractivity contribution in [3.63, 3.8) is 0 Å². The van der Waals surface area contributed by atoms with Gasteiger partial charge < -0.3 is 10.1 Å². The lowest BCUT2D eigenvalue weighted by atomic mass is 10.2. The zero-order chi connectivity index (χ0) is 11.8. The molecule has 3 nitrogen and oxygen atoms in total. The van der Waals surface area contributed by atoms with Crippen LogP contribution in [0.15, 0.2) is 24.3 Å². The number of halogens is 1. The Morgan fingerprint density at radius 2 is 2.06 bits per heavy atom. The van der Waals surface area contributed by atoms with Crippen LogP contribution in [0.5, 0.6) is 0 Å². The standard InChI is InChI=1S/C12H16ClNO2/c1-2-16-12(15)7-8-14-9-10-3-5-11(13)6-4-10/h3-6,14H,2,7-9H2,1H3/p+1. The molecule has 0 spiro atoms. The van der Waals surface area contributed by atoms with Gasteiger partial charge in [0.25, 0.3) is 0 Å². The number of ether oxygens (including phenoxy) is 1. The highest BCUT2D eigenvalue weighted by molar-refractivity contribution is 6.30. The fourth-order valence-electron chi connectivity index (χ4n) is 1.34. The molecular formula is C12H17ClNO2+. The quantitative estimate of drug-likeness (QED) is 0.605. The summed E-state index contributed by atoms with van der Waals surface area (Å²) in [6, 6.07) is 7.72. The van der Waals surface area contributed by atoms with Gasteiger partial charge in [0.1, 0.15) is 6.54 Å². The van der Waals surface area contributed by atoms with E-state index in [4.69, 9.17) is 16.3 Å². The van der Waals surface area contributed by atoms with Crippen LogP contribution in [0.4, 0.5) is 0 Å². The zero-order valence-electron chi connectivity index (χ0n) is 9.41. The minimum Gasteiger partial charge on any atom is -0.466 e. The Bertz CT molecular complexity index is 324. The van der Waals surface area contributed by atoms with Crippen molar-refractivity contribution < 1.29 is 14.8 Å². The van der Waals surface area contributed by atoms with Crippen molar-refractivity contribution in [1.29, 1.82) is 0 Å². The van der Waals surface area contributed by atoms with E-state index in [0.717, 1.165) is 18.1 Å². The predicted molar refractivity (Wildman–Crippen MR) is 63.2 cm³/mol. The molecule has 0 bridgehead atoms. The molecule has 1 aromatic carbocycles. The molecule has 0 saturated carbocycles. The van der Waals surface area contributed by atoms with Crippen molar-refractivity contribution in [3.8, 4) is 0 Å². The normalized spacial score (nSPS) is 10.1. The molecule has 4 heteroatoms. The highest BCUT2D eigenvalue weighted by Crippen LogP contribution is 2.08. The maximum atomic E-state index is 11.0. The maximum absolute atomic E-state index is 11.0. The van der Waals surface area contributed by atoms with Crippen LogP contribution in [0.1, 0.15) is 18.9 Å². The van der Waals surface area contributed by atoms with E-state index in [2.05, 4.69) is 5.32 Å². The summed E-state index contributed by atoms with van der Waals surface area (Å²) in [4.78, 5) is 11.0. The molecule has 16 heavy (non-hydrogen) atoms. The lowest BCUT2D eigenvalue weighted by molar-refractivity contribution is -0.669. The first kappa shape index (κ1) is 13.0. The summed E-state index contributed by atoms with van der Waals surface area (Å²) in [5.41, 5.74) is 1.20. The van der Waals surface area contributed by atoms with Gasteiger partial charge in [0.15, 0.2) is 0 Å². The molecule has 0 atom stereocenters. The van der Waals surface area contributed by atoms with Gasteiger partial charge in [-0.15, -0.1) is 0 Å². The molecule has 1 rings (SSSR count). The van der Waals surface area contributed by atoms with E-state index in [0.29, 0.717) is 13.0 Å². The Hall–Kier alpha value is -1.06. The van der Waals surface area contributed by atoms with Gasteiger partial charge in [-0.05, 0) is 19.1 Å². The van der Waals surface area contributed by atoms with Crippen molar-refractivity contribution in [2.45, 2.75) is 19.9 Å². The number of carbonyl (C=O) groups is 1. The van der Waals surface area contributed by atoms with Gasteiger partial charge in [0.2, 0.25) is 0 Å². The predicted octanol–water partition coefficient (Wildman–Crippen LogP) is 1.36. The van der Waals surface area contributed by atoms with E-state index >= 15 is 0 Å². The first-order valence-electron chi connectivity index (χ1n) is 5.44. The number of rotatable bonds is 6. The molecule has 0 saturated heterocycles. The third kappa shape index (κ3) is 5.14. The molecule has 0 heterocycles. The van der Waals surface area contributed by atoms with E-state index in [1.807, 2.05) is 31.2 Å². The average molecular weight is 243 g/mol. The van der Waals surface area contributed by atoms with Crippen LogP contribution in [0, 0.1) is 0 Å². The molecule has 2 N–H and O–H groups in total. The summed E-state index contributed by atoms with van der Waals surface area (Å²) < 4.78 is 4.83. The summed E-state index contributed by atoms with van der Waals surface area (Å²) in [7, 11) is 0. The Morgan fingerprint density at radius 1 is 1.38 bits per heavy atom. The topological polar surface area (TPSA) is 42.9 Å². The Balaban J connectivity index is 2.16. The van der Waals surface area contributed by atoms with E-state index in [9.17, 15) is 4.79 Å². The number of nitrogens with two attached hydrogens (primary N) is 1. The second-order valence-electron chi connectivity index (χ2n) is 3.46. The summed E-state index contributed by atoms with van der Waals surface area (Å²) in [6.07, 6.45) is 0.460. The maximum Gasteiger partial charge on any atom is 0.311 e.